The molecule has 0 saturated carbocycles. The largest absolute Gasteiger partial charge is 0.477 e. The Labute approximate surface area is 99.3 Å². The van der Waals surface area contributed by atoms with Crippen LogP contribution in [-0.4, -0.2) is 27.4 Å². The number of aromatic nitrogens is 1. The van der Waals surface area contributed by atoms with Gasteiger partial charge in [-0.15, -0.1) is 0 Å². The molecule has 1 heterocycles. The van der Waals surface area contributed by atoms with Crippen LogP contribution in [0.1, 0.15) is 28.5 Å². The SMILES string of the molecule is Cc1cc(C)n(CC(C)CO)c(=O)c1C(=O)O. The predicted octanol–water partition coefficient (Wildman–Crippen LogP) is 0.792. The highest BCUT2D eigenvalue weighted by atomic mass is 16.4. The number of aliphatic hydroxyl groups is 1. The summed E-state index contributed by atoms with van der Waals surface area (Å²) in [5.41, 5.74) is 0.474. The van der Waals surface area contributed by atoms with Gasteiger partial charge in [0.1, 0.15) is 5.56 Å². The highest BCUT2D eigenvalue weighted by Gasteiger charge is 2.17. The molecule has 0 aliphatic heterocycles. The van der Waals surface area contributed by atoms with E-state index in [2.05, 4.69) is 0 Å². The molecule has 5 heteroatoms. The van der Waals surface area contributed by atoms with Gasteiger partial charge in [-0.05, 0) is 31.4 Å². The van der Waals surface area contributed by atoms with Gasteiger partial charge in [0.05, 0.1) is 0 Å². The summed E-state index contributed by atoms with van der Waals surface area (Å²) in [6.45, 7) is 5.44. The van der Waals surface area contributed by atoms with E-state index in [1.807, 2.05) is 0 Å². The summed E-state index contributed by atoms with van der Waals surface area (Å²) in [5, 5.41) is 18.0. The van der Waals surface area contributed by atoms with E-state index in [0.29, 0.717) is 17.8 Å². The molecule has 0 spiro atoms. The number of aryl methyl sites for hydroxylation is 2. The first kappa shape index (κ1) is 13.4. The molecule has 94 valence electrons. The Kier molecular flexibility index (Phi) is 4.07. The van der Waals surface area contributed by atoms with Crippen LogP contribution in [0.5, 0.6) is 0 Å². The molecule has 0 bridgehead atoms. The van der Waals surface area contributed by atoms with Gasteiger partial charge >= 0.3 is 5.97 Å². The first-order valence-corrected chi connectivity index (χ1v) is 5.43. The molecule has 2 N–H and O–H groups in total. The molecule has 0 radical (unpaired) electrons. The second-order valence-corrected chi connectivity index (χ2v) is 4.35. The zero-order chi connectivity index (χ0) is 13.2. The normalized spacial score (nSPS) is 12.5. The number of aromatic carboxylic acids is 1. The summed E-state index contributed by atoms with van der Waals surface area (Å²) in [7, 11) is 0. The van der Waals surface area contributed by atoms with Crippen LogP contribution < -0.4 is 5.56 Å². The van der Waals surface area contributed by atoms with Crippen LogP contribution in [0.25, 0.3) is 0 Å². The van der Waals surface area contributed by atoms with E-state index in [-0.39, 0.29) is 18.1 Å². The number of carbonyl (C=O) groups is 1. The molecule has 0 saturated heterocycles. The average molecular weight is 239 g/mol. The Morgan fingerprint density at radius 3 is 2.53 bits per heavy atom. The van der Waals surface area contributed by atoms with Crippen molar-refractivity contribution in [2.24, 2.45) is 5.92 Å². The summed E-state index contributed by atoms with van der Waals surface area (Å²) in [6.07, 6.45) is 0. The monoisotopic (exact) mass is 239 g/mol. The first-order chi connectivity index (χ1) is 7.88. The van der Waals surface area contributed by atoms with Gasteiger partial charge in [0, 0.05) is 18.8 Å². The minimum Gasteiger partial charge on any atom is -0.477 e. The fourth-order valence-corrected chi connectivity index (χ4v) is 1.78. The standard InChI is InChI=1S/C12H17NO4/c1-7(6-14)5-13-9(3)4-8(2)10(11(13)15)12(16)17/h4,7,14H,5-6H2,1-3H3,(H,16,17). The second kappa shape index (κ2) is 5.14. The summed E-state index contributed by atoms with van der Waals surface area (Å²) in [5.74, 6) is -1.30. The van der Waals surface area contributed by atoms with Gasteiger partial charge in [0.2, 0.25) is 0 Å². The molecule has 1 aromatic heterocycles. The number of hydrogen-bond donors (Lipinski definition) is 2. The minimum absolute atomic E-state index is 0.0395. The summed E-state index contributed by atoms with van der Waals surface area (Å²) in [6, 6.07) is 1.68. The molecule has 1 aromatic rings. The lowest BCUT2D eigenvalue weighted by Crippen LogP contribution is -2.31. The number of rotatable bonds is 4. The maximum absolute atomic E-state index is 12.0. The van der Waals surface area contributed by atoms with E-state index >= 15 is 0 Å². The lowest BCUT2D eigenvalue weighted by Gasteiger charge is -2.15. The number of hydrogen-bond acceptors (Lipinski definition) is 3. The van der Waals surface area contributed by atoms with Crippen molar-refractivity contribution in [2.45, 2.75) is 27.3 Å². The molecule has 1 atom stereocenters. The molecule has 0 fully saturated rings. The van der Waals surface area contributed by atoms with E-state index in [4.69, 9.17) is 10.2 Å². The first-order valence-electron chi connectivity index (χ1n) is 5.43. The maximum atomic E-state index is 12.0. The average Bonchev–Trinajstić information content (AvgIpc) is 2.22. The van der Waals surface area contributed by atoms with E-state index in [9.17, 15) is 9.59 Å². The number of nitrogens with zero attached hydrogens (tertiary/aromatic N) is 1. The quantitative estimate of drug-likeness (QED) is 0.814. The van der Waals surface area contributed by atoms with Gasteiger partial charge in [0.15, 0.2) is 0 Å². The highest BCUT2D eigenvalue weighted by Crippen LogP contribution is 2.08. The van der Waals surface area contributed by atoms with Crippen molar-refractivity contribution in [1.82, 2.24) is 4.57 Å². The molecular formula is C12H17NO4. The van der Waals surface area contributed by atoms with Crippen molar-refractivity contribution in [2.75, 3.05) is 6.61 Å². The Morgan fingerprint density at radius 2 is 2.06 bits per heavy atom. The smallest absolute Gasteiger partial charge is 0.341 e. The van der Waals surface area contributed by atoms with E-state index < -0.39 is 11.5 Å². The Balaban J connectivity index is 3.36. The third kappa shape index (κ3) is 2.74. The molecular weight excluding hydrogens is 222 g/mol. The minimum atomic E-state index is -1.21. The van der Waals surface area contributed by atoms with Crippen molar-refractivity contribution < 1.29 is 15.0 Å². The number of carboxylic acids is 1. The molecule has 0 aliphatic rings. The van der Waals surface area contributed by atoms with Crippen molar-refractivity contribution in [3.05, 3.63) is 33.2 Å². The van der Waals surface area contributed by atoms with Gasteiger partial charge in [-0.3, -0.25) is 4.79 Å². The van der Waals surface area contributed by atoms with E-state index in [0.717, 1.165) is 0 Å². The van der Waals surface area contributed by atoms with Crippen LogP contribution in [0, 0.1) is 19.8 Å². The van der Waals surface area contributed by atoms with E-state index in [1.165, 1.54) is 4.57 Å². The van der Waals surface area contributed by atoms with Crippen molar-refractivity contribution >= 4 is 5.97 Å². The van der Waals surface area contributed by atoms with Crippen LogP contribution >= 0.6 is 0 Å². The lowest BCUT2D eigenvalue weighted by molar-refractivity contribution is 0.0693. The number of aliphatic hydroxyl groups excluding tert-OH is 1. The van der Waals surface area contributed by atoms with Gasteiger partial charge in [-0.25, -0.2) is 4.79 Å². The molecule has 1 unspecified atom stereocenters. The fraction of sp³-hybridized carbons (Fsp3) is 0.500. The summed E-state index contributed by atoms with van der Waals surface area (Å²) < 4.78 is 1.40. The zero-order valence-electron chi connectivity index (χ0n) is 10.2. The number of pyridine rings is 1. The van der Waals surface area contributed by atoms with Crippen molar-refractivity contribution in [1.29, 1.82) is 0 Å². The second-order valence-electron chi connectivity index (χ2n) is 4.35. The zero-order valence-corrected chi connectivity index (χ0v) is 10.2. The third-order valence-electron chi connectivity index (χ3n) is 2.72. The fourth-order valence-electron chi connectivity index (χ4n) is 1.78. The topological polar surface area (TPSA) is 79.5 Å². The van der Waals surface area contributed by atoms with Crippen LogP contribution in [0.3, 0.4) is 0 Å². The Hall–Kier alpha value is -1.62. The molecule has 17 heavy (non-hydrogen) atoms. The van der Waals surface area contributed by atoms with Crippen LogP contribution in [0.2, 0.25) is 0 Å². The Morgan fingerprint density at radius 1 is 1.47 bits per heavy atom. The molecule has 5 nitrogen and oxygen atoms in total. The molecule has 0 aromatic carbocycles. The van der Waals surface area contributed by atoms with E-state index in [1.54, 1.807) is 26.8 Å². The molecule has 0 amide bonds. The lowest BCUT2D eigenvalue weighted by atomic mass is 10.1. The highest BCUT2D eigenvalue weighted by molar-refractivity contribution is 5.88. The van der Waals surface area contributed by atoms with Gasteiger partial charge in [-0.2, -0.15) is 0 Å². The molecule has 1 rings (SSSR count). The molecule has 0 aliphatic carbocycles. The number of carboxylic acid groups (broad SMARTS) is 1. The van der Waals surface area contributed by atoms with Gasteiger partial charge in [-0.1, -0.05) is 6.92 Å². The van der Waals surface area contributed by atoms with Crippen LogP contribution in [0.4, 0.5) is 0 Å². The van der Waals surface area contributed by atoms with Crippen molar-refractivity contribution in [3.63, 3.8) is 0 Å². The summed E-state index contributed by atoms with van der Waals surface area (Å²) in [4.78, 5) is 23.0. The van der Waals surface area contributed by atoms with Crippen molar-refractivity contribution in [3.8, 4) is 0 Å². The van der Waals surface area contributed by atoms with Crippen LogP contribution in [0.15, 0.2) is 10.9 Å². The van der Waals surface area contributed by atoms with Crippen LogP contribution in [-0.2, 0) is 6.54 Å². The van der Waals surface area contributed by atoms with Gasteiger partial charge < -0.3 is 14.8 Å². The maximum Gasteiger partial charge on any atom is 0.341 e. The Bertz CT molecular complexity index is 490. The predicted molar refractivity (Wildman–Crippen MR) is 63.4 cm³/mol. The summed E-state index contributed by atoms with van der Waals surface area (Å²) >= 11 is 0. The van der Waals surface area contributed by atoms with Gasteiger partial charge in [0.25, 0.3) is 5.56 Å². The third-order valence-corrected chi connectivity index (χ3v) is 2.72.